The molecule has 0 N–H and O–H groups in total. The highest BCUT2D eigenvalue weighted by atomic mass is 16.5. The molecule has 54 heavy (non-hydrogen) atoms. The van der Waals surface area contributed by atoms with Crippen LogP contribution in [-0.4, -0.2) is 99.3 Å². The van der Waals surface area contributed by atoms with Gasteiger partial charge in [-0.1, -0.05) is 6.08 Å². The molecule has 0 aromatic heterocycles. The van der Waals surface area contributed by atoms with Crippen LogP contribution in [0.3, 0.4) is 0 Å². The third-order valence-corrected chi connectivity index (χ3v) is 15.9. The summed E-state index contributed by atoms with van der Waals surface area (Å²) >= 11 is 0. The predicted molar refractivity (Wildman–Crippen MR) is 202 cm³/mol. The summed E-state index contributed by atoms with van der Waals surface area (Å²) in [7, 11) is 5.06. The second-order valence-electron chi connectivity index (χ2n) is 18.4. The van der Waals surface area contributed by atoms with Crippen LogP contribution < -0.4 is 18.9 Å². The summed E-state index contributed by atoms with van der Waals surface area (Å²) in [6.07, 6.45) is 13.3. The number of ketones is 2. The summed E-state index contributed by atoms with van der Waals surface area (Å²) in [5.74, 6) is 6.04. The Morgan fingerprint density at radius 2 is 1.31 bits per heavy atom. The van der Waals surface area contributed by atoms with E-state index in [-0.39, 0.29) is 34.6 Å². The number of benzene rings is 2. The van der Waals surface area contributed by atoms with E-state index < -0.39 is 6.10 Å². The Labute approximate surface area is 318 Å². The summed E-state index contributed by atoms with van der Waals surface area (Å²) in [6, 6.07) is 5.17. The van der Waals surface area contributed by atoms with Crippen molar-refractivity contribution in [2.24, 2.45) is 23.7 Å². The fourth-order valence-electron chi connectivity index (χ4n) is 13.1. The standard InChI is InChI=1S/C23H29NO4.C22H25NO3/c1-12-8-18(27-3)21-19-14(12)9-16-15-10-17(26-2)20(25)22(28-21)23(15,19)6-7-24(16)11-13-4-5-13;1-12-9-18(25-2)20-19-14(12)10-16-15-5-6-17(24)21(26-20)22(15,19)7-8-23(16)11-13-3-4-13/h8,13,15-17,22H,4-7,9-11H2,1-3H3;5-6,9,13,15-16,21H,3-4,7-8,10-11H2,1-2H3/t15?,16?,17?,22-,23-;15?,16?,21-,22-/m11/s1. The van der Waals surface area contributed by atoms with Gasteiger partial charge in [-0.25, -0.2) is 0 Å². The minimum absolute atomic E-state index is 0.122. The van der Waals surface area contributed by atoms with E-state index in [0.29, 0.717) is 23.9 Å². The average molecular weight is 735 g/mol. The zero-order valence-electron chi connectivity index (χ0n) is 32.5. The van der Waals surface area contributed by atoms with E-state index in [9.17, 15) is 9.59 Å². The molecule has 2 spiro atoms. The third-order valence-electron chi connectivity index (χ3n) is 15.9. The number of carbonyl (C=O) groups excluding carboxylic acids is 2. The first kappa shape index (κ1) is 33.9. The lowest BCUT2D eigenvalue weighted by Crippen LogP contribution is -2.68. The molecule has 9 nitrogen and oxygen atoms in total. The fourth-order valence-corrected chi connectivity index (χ4v) is 13.1. The first-order valence-corrected chi connectivity index (χ1v) is 20.7. The number of hydrogen-bond donors (Lipinski definition) is 0. The Bertz CT molecular complexity index is 2000. The Morgan fingerprint density at radius 3 is 1.91 bits per heavy atom. The smallest absolute Gasteiger partial charge is 0.202 e. The van der Waals surface area contributed by atoms with Gasteiger partial charge in [0.25, 0.3) is 0 Å². The van der Waals surface area contributed by atoms with Gasteiger partial charge in [-0.3, -0.25) is 19.4 Å². The van der Waals surface area contributed by atoms with Gasteiger partial charge in [-0.05, 0) is 143 Å². The Morgan fingerprint density at radius 1 is 0.759 bits per heavy atom. The van der Waals surface area contributed by atoms with Gasteiger partial charge in [-0.15, -0.1) is 0 Å². The van der Waals surface area contributed by atoms with Crippen LogP contribution in [0.15, 0.2) is 24.3 Å². The number of piperidine rings is 2. The number of rotatable bonds is 7. The lowest BCUT2D eigenvalue weighted by Gasteiger charge is -2.58. The van der Waals surface area contributed by atoms with Gasteiger partial charge >= 0.3 is 0 Å². The van der Waals surface area contributed by atoms with Crippen LogP contribution >= 0.6 is 0 Å². The maximum atomic E-state index is 13.3. The van der Waals surface area contributed by atoms with E-state index in [1.807, 2.05) is 0 Å². The number of Topliss-reactive ketones (excluding diaryl/α,β-unsaturated/α-hetero) is 1. The van der Waals surface area contributed by atoms with E-state index in [2.05, 4.69) is 41.9 Å². The normalized spacial score (nSPS) is 37.5. The molecule has 2 aromatic rings. The summed E-state index contributed by atoms with van der Waals surface area (Å²) in [5.41, 5.74) is 7.59. The molecule has 4 bridgehead atoms. The van der Waals surface area contributed by atoms with Crippen molar-refractivity contribution in [3.63, 3.8) is 0 Å². The highest BCUT2D eigenvalue weighted by molar-refractivity contribution is 5.98. The molecule has 0 amide bonds. The Balaban J connectivity index is 0.000000127. The van der Waals surface area contributed by atoms with Gasteiger partial charge in [0.15, 0.2) is 41.0 Å². The molecule has 5 fully saturated rings. The molecular weight excluding hydrogens is 681 g/mol. The largest absolute Gasteiger partial charge is 0.493 e. The van der Waals surface area contributed by atoms with Crippen LogP contribution in [0.5, 0.6) is 23.0 Å². The fraction of sp³-hybridized carbons (Fsp3) is 0.644. The lowest BCUT2D eigenvalue weighted by atomic mass is 9.51. The molecule has 3 saturated carbocycles. The van der Waals surface area contributed by atoms with Crippen molar-refractivity contribution in [3.05, 3.63) is 57.7 Å². The minimum atomic E-state index is -0.425. The molecule has 9 heteroatoms. The molecule has 12 rings (SSSR count). The van der Waals surface area contributed by atoms with Crippen molar-refractivity contribution in [2.75, 3.05) is 47.5 Å². The van der Waals surface area contributed by atoms with Crippen LogP contribution in [0.2, 0.25) is 0 Å². The van der Waals surface area contributed by atoms with Crippen molar-refractivity contribution >= 4 is 11.6 Å². The zero-order chi connectivity index (χ0) is 36.8. The van der Waals surface area contributed by atoms with Gasteiger partial charge in [0.1, 0.15) is 6.10 Å². The summed E-state index contributed by atoms with van der Waals surface area (Å²) < 4.78 is 29.8. The second-order valence-corrected chi connectivity index (χ2v) is 18.4. The quantitative estimate of drug-likeness (QED) is 0.369. The highest BCUT2D eigenvalue weighted by Gasteiger charge is 2.69. The number of nitrogens with zero attached hydrogens (tertiary/aromatic N) is 2. The zero-order valence-corrected chi connectivity index (χ0v) is 32.5. The molecule has 286 valence electrons. The topological polar surface area (TPSA) is 86.8 Å². The van der Waals surface area contributed by atoms with Crippen LogP contribution in [-0.2, 0) is 38.0 Å². The molecule has 5 unspecified atom stereocenters. The predicted octanol–water partition coefficient (Wildman–Crippen LogP) is 5.44. The van der Waals surface area contributed by atoms with Crippen LogP contribution in [0, 0.1) is 37.5 Å². The van der Waals surface area contributed by atoms with Crippen molar-refractivity contribution in [1.29, 1.82) is 0 Å². The number of likely N-dealkylation sites (tertiary alicyclic amines) is 2. The molecular formula is C45H54N2O7. The van der Waals surface area contributed by atoms with Gasteiger partial charge in [0.05, 0.1) is 19.6 Å². The van der Waals surface area contributed by atoms with Crippen molar-refractivity contribution in [2.45, 2.75) is 113 Å². The molecule has 2 saturated heterocycles. The SMILES string of the molecule is COc1cc(C)c2c3c1O[C@@H]1C(=O)C(OC)CC4C(C2)N(CC2CC2)CC[C@]341.COc1cc(C)c2c3c1O[C@@H]1C(=O)C=CC4C(C2)N(CC2CC2)CC[C@]341. The van der Waals surface area contributed by atoms with Crippen molar-refractivity contribution in [1.82, 2.24) is 9.80 Å². The van der Waals surface area contributed by atoms with E-state index in [4.69, 9.17) is 23.7 Å². The maximum Gasteiger partial charge on any atom is 0.202 e. The molecule has 10 aliphatic rings. The number of hydrogen-bond acceptors (Lipinski definition) is 9. The van der Waals surface area contributed by atoms with Gasteiger partial charge in [-0.2, -0.15) is 0 Å². The van der Waals surface area contributed by atoms with Gasteiger partial charge in [0, 0.05) is 54.7 Å². The summed E-state index contributed by atoms with van der Waals surface area (Å²) in [4.78, 5) is 31.6. The van der Waals surface area contributed by atoms with E-state index in [0.717, 1.165) is 80.0 Å². The molecule has 6 aliphatic carbocycles. The Hall–Kier alpha value is -3.40. The molecule has 0 radical (unpaired) electrons. The van der Waals surface area contributed by atoms with E-state index in [1.54, 1.807) is 27.4 Å². The average Bonchev–Trinajstić information content (AvgIpc) is 4.11. The lowest BCUT2D eigenvalue weighted by molar-refractivity contribution is -0.155. The van der Waals surface area contributed by atoms with E-state index in [1.165, 1.54) is 72.2 Å². The van der Waals surface area contributed by atoms with Crippen molar-refractivity contribution in [3.8, 4) is 23.0 Å². The van der Waals surface area contributed by atoms with Crippen molar-refractivity contribution < 1.29 is 33.3 Å². The number of carbonyl (C=O) groups is 2. The second kappa shape index (κ2) is 11.8. The summed E-state index contributed by atoms with van der Waals surface area (Å²) in [5, 5.41) is 0. The molecule has 4 aliphatic heterocycles. The number of methoxy groups -OCH3 is 3. The van der Waals surface area contributed by atoms with Crippen LogP contribution in [0.25, 0.3) is 0 Å². The minimum Gasteiger partial charge on any atom is -0.493 e. The number of aryl methyl sites for hydroxylation is 2. The Kier molecular flexibility index (Phi) is 7.41. The molecule has 2 aromatic carbocycles. The van der Waals surface area contributed by atoms with Gasteiger partial charge in [0.2, 0.25) is 5.78 Å². The van der Waals surface area contributed by atoms with E-state index >= 15 is 0 Å². The third kappa shape index (κ3) is 4.43. The number of ether oxygens (including phenoxy) is 5. The highest BCUT2D eigenvalue weighted by Crippen LogP contribution is 2.65. The summed E-state index contributed by atoms with van der Waals surface area (Å²) in [6.45, 7) is 8.95. The molecule has 4 heterocycles. The van der Waals surface area contributed by atoms with Crippen LogP contribution in [0.1, 0.15) is 78.3 Å². The molecule has 9 atom stereocenters. The maximum absolute atomic E-state index is 13.3. The van der Waals surface area contributed by atoms with Gasteiger partial charge < -0.3 is 23.7 Å². The first-order valence-electron chi connectivity index (χ1n) is 20.7. The first-order chi connectivity index (χ1) is 26.2. The van der Waals surface area contributed by atoms with Crippen LogP contribution in [0.4, 0.5) is 0 Å². The monoisotopic (exact) mass is 734 g/mol.